The van der Waals surface area contributed by atoms with Crippen LogP contribution >= 0.6 is 0 Å². The Morgan fingerprint density at radius 1 is 0.933 bits per heavy atom. The summed E-state index contributed by atoms with van der Waals surface area (Å²) in [6.45, 7) is 3.66. The molecule has 4 rings (SSSR count). The number of benzene rings is 1. The van der Waals surface area contributed by atoms with Crippen molar-refractivity contribution >= 4 is 17.9 Å². The van der Waals surface area contributed by atoms with Gasteiger partial charge >= 0.3 is 6.09 Å². The van der Waals surface area contributed by atoms with E-state index in [1.165, 1.54) is 0 Å². The number of methoxy groups -OCH3 is 1. The summed E-state index contributed by atoms with van der Waals surface area (Å²) in [5.74, 6) is 0.885. The molecule has 3 fully saturated rings. The molecule has 0 unspecified atom stereocenters. The number of cyclic esters (lactones) is 1. The average molecular weight is 415 g/mol. The van der Waals surface area contributed by atoms with Crippen molar-refractivity contribution in [3.8, 4) is 5.75 Å². The topological polar surface area (TPSA) is 79.4 Å². The van der Waals surface area contributed by atoms with E-state index in [0.717, 1.165) is 18.6 Å². The maximum Gasteiger partial charge on any atom is 0.410 e. The molecule has 1 aromatic rings. The Bertz CT molecular complexity index is 780. The SMILES string of the molecule is COc1ccc(C(=O)N2CCC(C(=O)N3CCC(N4CCOC4=O)CC3)CC2)cc1. The van der Waals surface area contributed by atoms with Gasteiger partial charge in [-0.3, -0.25) is 9.59 Å². The van der Waals surface area contributed by atoms with Crippen LogP contribution in [0.2, 0.25) is 0 Å². The van der Waals surface area contributed by atoms with Gasteiger partial charge in [-0.1, -0.05) is 0 Å². The second-order valence-electron chi connectivity index (χ2n) is 8.16. The number of likely N-dealkylation sites (tertiary alicyclic amines) is 2. The van der Waals surface area contributed by atoms with Crippen molar-refractivity contribution in [1.82, 2.24) is 14.7 Å². The number of carbonyl (C=O) groups excluding carboxylic acids is 3. The number of ether oxygens (including phenoxy) is 2. The average Bonchev–Trinajstić information content (AvgIpc) is 3.24. The molecule has 8 heteroatoms. The summed E-state index contributed by atoms with van der Waals surface area (Å²) >= 11 is 0. The van der Waals surface area contributed by atoms with E-state index in [-0.39, 0.29) is 29.9 Å². The lowest BCUT2D eigenvalue weighted by molar-refractivity contribution is -0.138. The van der Waals surface area contributed by atoms with Gasteiger partial charge in [-0.05, 0) is 49.9 Å². The lowest BCUT2D eigenvalue weighted by Crippen LogP contribution is -2.50. The molecule has 3 aliphatic heterocycles. The molecule has 162 valence electrons. The molecule has 3 heterocycles. The Balaban J connectivity index is 1.25. The lowest BCUT2D eigenvalue weighted by atomic mass is 9.93. The largest absolute Gasteiger partial charge is 0.497 e. The third-order valence-corrected chi connectivity index (χ3v) is 6.48. The number of carbonyl (C=O) groups is 3. The van der Waals surface area contributed by atoms with Crippen LogP contribution in [0, 0.1) is 5.92 Å². The highest BCUT2D eigenvalue weighted by atomic mass is 16.6. The highest BCUT2D eigenvalue weighted by molar-refractivity contribution is 5.94. The third-order valence-electron chi connectivity index (χ3n) is 6.48. The smallest absolute Gasteiger partial charge is 0.410 e. The molecule has 0 bridgehead atoms. The Kier molecular flexibility index (Phi) is 6.11. The standard InChI is InChI=1S/C22H29N3O5/c1-29-19-4-2-16(3-5-19)20(26)23-10-6-17(7-11-23)21(27)24-12-8-18(9-13-24)25-14-15-30-22(25)28/h2-5,17-18H,6-15H2,1H3. The van der Waals surface area contributed by atoms with Crippen LogP contribution in [0.25, 0.3) is 0 Å². The molecule has 0 N–H and O–H groups in total. The zero-order chi connectivity index (χ0) is 21.1. The van der Waals surface area contributed by atoms with Crippen molar-refractivity contribution in [2.45, 2.75) is 31.7 Å². The molecule has 3 saturated heterocycles. The van der Waals surface area contributed by atoms with Crippen LogP contribution < -0.4 is 4.74 Å². The molecule has 1 aromatic carbocycles. The summed E-state index contributed by atoms with van der Waals surface area (Å²) in [6.07, 6.45) is 2.76. The summed E-state index contributed by atoms with van der Waals surface area (Å²) in [5, 5.41) is 0. The summed E-state index contributed by atoms with van der Waals surface area (Å²) < 4.78 is 10.2. The minimum absolute atomic E-state index is 0.00173. The predicted octanol–water partition coefficient (Wildman–Crippen LogP) is 1.99. The first kappa shape index (κ1) is 20.5. The zero-order valence-electron chi connectivity index (χ0n) is 17.4. The molecular weight excluding hydrogens is 386 g/mol. The summed E-state index contributed by atoms with van der Waals surface area (Å²) in [7, 11) is 1.60. The van der Waals surface area contributed by atoms with Crippen molar-refractivity contribution in [1.29, 1.82) is 0 Å². The van der Waals surface area contributed by atoms with Crippen molar-refractivity contribution in [2.24, 2.45) is 5.92 Å². The molecular formula is C22H29N3O5. The second kappa shape index (κ2) is 8.93. The Hall–Kier alpha value is -2.77. The molecule has 0 atom stereocenters. The van der Waals surface area contributed by atoms with E-state index in [9.17, 15) is 14.4 Å². The van der Waals surface area contributed by atoms with E-state index < -0.39 is 0 Å². The monoisotopic (exact) mass is 415 g/mol. The molecule has 0 aliphatic carbocycles. The second-order valence-corrected chi connectivity index (χ2v) is 8.16. The fraction of sp³-hybridized carbons (Fsp3) is 0.591. The van der Waals surface area contributed by atoms with Gasteiger partial charge in [0.25, 0.3) is 5.91 Å². The maximum absolute atomic E-state index is 13.0. The van der Waals surface area contributed by atoms with Crippen molar-refractivity contribution in [2.75, 3.05) is 46.4 Å². The molecule has 8 nitrogen and oxygen atoms in total. The van der Waals surface area contributed by atoms with Crippen LogP contribution in [-0.4, -0.2) is 85.1 Å². The summed E-state index contributed by atoms with van der Waals surface area (Å²) in [5.41, 5.74) is 0.642. The Morgan fingerprint density at radius 2 is 1.57 bits per heavy atom. The number of nitrogens with zero attached hydrogens (tertiary/aromatic N) is 3. The molecule has 0 saturated carbocycles. The Morgan fingerprint density at radius 3 is 2.13 bits per heavy atom. The minimum atomic E-state index is -0.228. The molecule has 3 amide bonds. The van der Waals surface area contributed by atoms with E-state index in [0.29, 0.717) is 57.7 Å². The first-order valence-electron chi connectivity index (χ1n) is 10.7. The normalized spacial score (nSPS) is 21.0. The summed E-state index contributed by atoms with van der Waals surface area (Å²) in [6, 6.07) is 7.30. The summed E-state index contributed by atoms with van der Waals surface area (Å²) in [4.78, 5) is 43.0. The lowest BCUT2D eigenvalue weighted by Gasteiger charge is -2.39. The van der Waals surface area contributed by atoms with E-state index in [2.05, 4.69) is 0 Å². The van der Waals surface area contributed by atoms with E-state index >= 15 is 0 Å². The van der Waals surface area contributed by atoms with E-state index in [1.807, 2.05) is 9.80 Å². The van der Waals surface area contributed by atoms with Crippen LogP contribution in [-0.2, 0) is 9.53 Å². The first-order chi connectivity index (χ1) is 14.6. The van der Waals surface area contributed by atoms with Gasteiger partial charge < -0.3 is 24.2 Å². The van der Waals surface area contributed by atoms with Gasteiger partial charge in [0.1, 0.15) is 12.4 Å². The third kappa shape index (κ3) is 4.22. The van der Waals surface area contributed by atoms with Gasteiger partial charge in [0.15, 0.2) is 0 Å². The van der Waals surface area contributed by atoms with E-state index in [4.69, 9.17) is 9.47 Å². The van der Waals surface area contributed by atoms with Crippen LogP contribution in [0.3, 0.4) is 0 Å². The van der Waals surface area contributed by atoms with Crippen LogP contribution in [0.4, 0.5) is 4.79 Å². The minimum Gasteiger partial charge on any atom is -0.497 e. The zero-order valence-corrected chi connectivity index (χ0v) is 17.4. The number of amides is 3. The van der Waals surface area contributed by atoms with Gasteiger partial charge in [-0.2, -0.15) is 0 Å². The van der Waals surface area contributed by atoms with Gasteiger partial charge in [0.05, 0.1) is 13.7 Å². The number of hydrogen-bond donors (Lipinski definition) is 0. The Labute approximate surface area is 176 Å². The van der Waals surface area contributed by atoms with Crippen molar-refractivity contribution < 1.29 is 23.9 Å². The van der Waals surface area contributed by atoms with Crippen LogP contribution in [0.5, 0.6) is 5.75 Å². The number of rotatable bonds is 4. The highest BCUT2D eigenvalue weighted by Crippen LogP contribution is 2.25. The van der Waals surface area contributed by atoms with Crippen LogP contribution in [0.15, 0.2) is 24.3 Å². The molecule has 0 spiro atoms. The van der Waals surface area contributed by atoms with Gasteiger partial charge in [0.2, 0.25) is 5.91 Å². The van der Waals surface area contributed by atoms with Crippen molar-refractivity contribution in [3.63, 3.8) is 0 Å². The fourth-order valence-electron chi connectivity index (χ4n) is 4.64. The maximum atomic E-state index is 13.0. The number of hydrogen-bond acceptors (Lipinski definition) is 5. The van der Waals surface area contributed by atoms with Gasteiger partial charge in [-0.15, -0.1) is 0 Å². The molecule has 3 aliphatic rings. The quantitative estimate of drug-likeness (QED) is 0.752. The van der Waals surface area contributed by atoms with Gasteiger partial charge in [0, 0.05) is 43.7 Å². The molecule has 0 aromatic heterocycles. The fourth-order valence-corrected chi connectivity index (χ4v) is 4.64. The van der Waals surface area contributed by atoms with Crippen LogP contribution in [0.1, 0.15) is 36.0 Å². The predicted molar refractivity (Wildman–Crippen MR) is 109 cm³/mol. The number of piperidine rings is 2. The first-order valence-corrected chi connectivity index (χ1v) is 10.7. The van der Waals surface area contributed by atoms with Gasteiger partial charge in [-0.25, -0.2) is 4.79 Å². The molecule has 30 heavy (non-hydrogen) atoms. The highest BCUT2D eigenvalue weighted by Gasteiger charge is 2.36. The van der Waals surface area contributed by atoms with Crippen molar-refractivity contribution in [3.05, 3.63) is 29.8 Å². The van der Waals surface area contributed by atoms with E-state index in [1.54, 1.807) is 36.3 Å². The molecule has 0 radical (unpaired) electrons.